The lowest BCUT2D eigenvalue weighted by Gasteiger charge is -2.22. The van der Waals surface area contributed by atoms with Crippen molar-refractivity contribution in [1.29, 1.82) is 0 Å². The zero-order valence-corrected chi connectivity index (χ0v) is 13.1. The van der Waals surface area contributed by atoms with Gasteiger partial charge in [-0.2, -0.15) is 0 Å². The first-order chi connectivity index (χ1) is 9.04. The summed E-state index contributed by atoms with van der Waals surface area (Å²) in [7, 11) is 1.74. The minimum Gasteiger partial charge on any atom is -0.383 e. The normalized spacial score (nSPS) is 14.6. The monoisotopic (exact) mass is 263 g/mol. The third-order valence-electron chi connectivity index (χ3n) is 3.64. The number of rotatable bonds is 8. The maximum Gasteiger partial charge on any atom is 0.0587 e. The van der Waals surface area contributed by atoms with E-state index in [0.29, 0.717) is 17.9 Å². The zero-order valence-electron chi connectivity index (χ0n) is 13.1. The Bertz CT molecular complexity index is 362. The fourth-order valence-corrected chi connectivity index (χ4v) is 2.33. The van der Waals surface area contributed by atoms with E-state index in [0.717, 1.165) is 19.6 Å². The summed E-state index contributed by atoms with van der Waals surface area (Å²) in [6, 6.07) is 9.48. The zero-order chi connectivity index (χ0) is 14.3. The highest BCUT2D eigenvalue weighted by Crippen LogP contribution is 2.21. The molecule has 2 atom stereocenters. The van der Waals surface area contributed by atoms with E-state index in [9.17, 15) is 0 Å². The topological polar surface area (TPSA) is 21.3 Å². The van der Waals surface area contributed by atoms with E-state index in [2.05, 4.69) is 57.3 Å². The lowest BCUT2D eigenvalue weighted by molar-refractivity contribution is 0.195. The lowest BCUT2D eigenvalue weighted by Crippen LogP contribution is -2.33. The summed E-state index contributed by atoms with van der Waals surface area (Å²) < 4.78 is 5.08. The predicted molar refractivity (Wildman–Crippen MR) is 82.7 cm³/mol. The number of hydrogen-bond donors (Lipinski definition) is 1. The first-order valence-electron chi connectivity index (χ1n) is 7.35. The highest BCUT2D eigenvalue weighted by molar-refractivity contribution is 5.27. The van der Waals surface area contributed by atoms with Crippen molar-refractivity contribution in [2.45, 2.75) is 46.1 Å². The Hall–Kier alpha value is -0.860. The van der Waals surface area contributed by atoms with Crippen LogP contribution in [0.2, 0.25) is 0 Å². The predicted octanol–water partition coefficient (Wildman–Crippen LogP) is 3.61. The van der Waals surface area contributed by atoms with E-state index in [4.69, 9.17) is 4.74 Å². The standard InChI is InChI=1S/C17H29NO/c1-13(2)11-16-7-6-8-17(12-16)14(3)15(4)18-9-10-19-5/h6-8,12-15,18H,9-11H2,1-5H3. The van der Waals surface area contributed by atoms with Gasteiger partial charge in [0.05, 0.1) is 6.61 Å². The number of benzene rings is 1. The fourth-order valence-electron chi connectivity index (χ4n) is 2.33. The van der Waals surface area contributed by atoms with Gasteiger partial charge in [0.25, 0.3) is 0 Å². The molecule has 0 radical (unpaired) electrons. The number of methoxy groups -OCH3 is 1. The molecule has 1 N–H and O–H groups in total. The molecule has 0 amide bonds. The average molecular weight is 263 g/mol. The van der Waals surface area contributed by atoms with Crippen LogP contribution in [0.15, 0.2) is 24.3 Å². The summed E-state index contributed by atoms with van der Waals surface area (Å²) >= 11 is 0. The molecule has 0 aliphatic heterocycles. The van der Waals surface area contributed by atoms with Gasteiger partial charge in [-0.25, -0.2) is 0 Å². The molecule has 1 aromatic rings. The van der Waals surface area contributed by atoms with Crippen molar-refractivity contribution in [1.82, 2.24) is 5.32 Å². The molecule has 1 aromatic carbocycles. The van der Waals surface area contributed by atoms with Crippen molar-refractivity contribution in [2.75, 3.05) is 20.3 Å². The Morgan fingerprint density at radius 3 is 2.53 bits per heavy atom. The summed E-state index contributed by atoms with van der Waals surface area (Å²) in [6.45, 7) is 10.8. The molecule has 0 aliphatic rings. The highest BCUT2D eigenvalue weighted by atomic mass is 16.5. The van der Waals surface area contributed by atoms with Crippen molar-refractivity contribution in [3.63, 3.8) is 0 Å². The van der Waals surface area contributed by atoms with Crippen LogP contribution in [0.5, 0.6) is 0 Å². The van der Waals surface area contributed by atoms with Crippen LogP contribution in [0.3, 0.4) is 0 Å². The number of nitrogens with one attached hydrogen (secondary N) is 1. The second kappa shape index (κ2) is 8.34. The summed E-state index contributed by atoms with van der Waals surface area (Å²) in [5, 5.41) is 3.52. The molecule has 19 heavy (non-hydrogen) atoms. The van der Waals surface area contributed by atoms with Crippen molar-refractivity contribution in [3.8, 4) is 0 Å². The van der Waals surface area contributed by atoms with Crippen LogP contribution in [0, 0.1) is 5.92 Å². The van der Waals surface area contributed by atoms with Gasteiger partial charge >= 0.3 is 0 Å². The van der Waals surface area contributed by atoms with Crippen LogP contribution in [0.4, 0.5) is 0 Å². The maximum atomic E-state index is 5.08. The van der Waals surface area contributed by atoms with Crippen molar-refractivity contribution in [3.05, 3.63) is 35.4 Å². The van der Waals surface area contributed by atoms with E-state index in [1.807, 2.05) is 0 Å². The van der Waals surface area contributed by atoms with Crippen LogP contribution in [-0.4, -0.2) is 26.3 Å². The molecule has 0 bridgehead atoms. The van der Waals surface area contributed by atoms with Crippen molar-refractivity contribution >= 4 is 0 Å². The van der Waals surface area contributed by atoms with Gasteiger partial charge in [-0.05, 0) is 36.3 Å². The van der Waals surface area contributed by atoms with E-state index < -0.39 is 0 Å². The third kappa shape index (κ3) is 5.75. The summed E-state index contributed by atoms with van der Waals surface area (Å²) in [6.07, 6.45) is 1.16. The molecular formula is C17H29NO. The molecule has 0 aromatic heterocycles. The Morgan fingerprint density at radius 2 is 1.89 bits per heavy atom. The smallest absolute Gasteiger partial charge is 0.0587 e. The molecule has 0 saturated heterocycles. The number of hydrogen-bond acceptors (Lipinski definition) is 2. The van der Waals surface area contributed by atoms with E-state index in [1.54, 1.807) is 7.11 Å². The first kappa shape index (κ1) is 16.2. The minimum atomic E-state index is 0.462. The Balaban J connectivity index is 2.62. The summed E-state index contributed by atoms with van der Waals surface area (Å²) in [5.74, 6) is 1.23. The number of ether oxygens (including phenoxy) is 1. The second-order valence-corrected chi connectivity index (χ2v) is 5.87. The summed E-state index contributed by atoms with van der Waals surface area (Å²) in [5.41, 5.74) is 2.87. The highest BCUT2D eigenvalue weighted by Gasteiger charge is 2.14. The molecule has 0 heterocycles. The van der Waals surface area contributed by atoms with Crippen LogP contribution in [0.25, 0.3) is 0 Å². The van der Waals surface area contributed by atoms with Gasteiger partial charge in [0.1, 0.15) is 0 Å². The minimum absolute atomic E-state index is 0.462. The fraction of sp³-hybridized carbons (Fsp3) is 0.647. The van der Waals surface area contributed by atoms with Gasteiger partial charge in [-0.1, -0.05) is 45.0 Å². The van der Waals surface area contributed by atoms with Gasteiger partial charge in [0.2, 0.25) is 0 Å². The molecule has 2 unspecified atom stereocenters. The molecule has 2 heteroatoms. The van der Waals surface area contributed by atoms with Crippen molar-refractivity contribution < 1.29 is 4.74 Å². The van der Waals surface area contributed by atoms with Crippen LogP contribution < -0.4 is 5.32 Å². The van der Waals surface area contributed by atoms with Crippen LogP contribution >= 0.6 is 0 Å². The van der Waals surface area contributed by atoms with Crippen LogP contribution in [-0.2, 0) is 11.2 Å². The molecule has 0 aliphatic carbocycles. The molecule has 0 fully saturated rings. The summed E-state index contributed by atoms with van der Waals surface area (Å²) in [4.78, 5) is 0. The van der Waals surface area contributed by atoms with Crippen molar-refractivity contribution in [2.24, 2.45) is 5.92 Å². The Morgan fingerprint density at radius 1 is 1.16 bits per heavy atom. The quantitative estimate of drug-likeness (QED) is 0.723. The van der Waals surface area contributed by atoms with Gasteiger partial charge in [0, 0.05) is 19.7 Å². The molecule has 1 rings (SSSR count). The lowest BCUT2D eigenvalue weighted by atomic mass is 9.91. The van der Waals surface area contributed by atoms with Gasteiger partial charge in [0.15, 0.2) is 0 Å². The molecule has 0 saturated carbocycles. The van der Waals surface area contributed by atoms with Gasteiger partial charge in [-0.15, -0.1) is 0 Å². The first-order valence-corrected chi connectivity index (χ1v) is 7.35. The van der Waals surface area contributed by atoms with Gasteiger partial charge in [-0.3, -0.25) is 0 Å². The molecule has 2 nitrogen and oxygen atoms in total. The van der Waals surface area contributed by atoms with Gasteiger partial charge < -0.3 is 10.1 Å². The molecular weight excluding hydrogens is 234 g/mol. The third-order valence-corrected chi connectivity index (χ3v) is 3.64. The maximum absolute atomic E-state index is 5.08. The average Bonchev–Trinajstić information content (AvgIpc) is 2.37. The Kier molecular flexibility index (Phi) is 7.11. The van der Waals surface area contributed by atoms with E-state index >= 15 is 0 Å². The van der Waals surface area contributed by atoms with E-state index in [1.165, 1.54) is 11.1 Å². The molecule has 0 spiro atoms. The molecule has 108 valence electrons. The second-order valence-electron chi connectivity index (χ2n) is 5.87. The largest absolute Gasteiger partial charge is 0.383 e. The SMILES string of the molecule is COCCNC(C)C(C)c1cccc(CC(C)C)c1. The van der Waals surface area contributed by atoms with E-state index in [-0.39, 0.29) is 0 Å². The van der Waals surface area contributed by atoms with Crippen LogP contribution in [0.1, 0.15) is 44.7 Å². The Labute approximate surface area is 118 Å².